The van der Waals surface area contributed by atoms with Crippen LogP contribution in [-0.2, 0) is 4.43 Å². The van der Waals surface area contributed by atoms with E-state index < -0.39 is 16.4 Å². The summed E-state index contributed by atoms with van der Waals surface area (Å²) in [4.78, 5) is 0. The number of allylic oxidation sites excluding steroid dienone is 1. The van der Waals surface area contributed by atoms with E-state index in [0.717, 1.165) is 0 Å². The van der Waals surface area contributed by atoms with Crippen molar-refractivity contribution in [1.82, 2.24) is 0 Å². The zero-order valence-electron chi connectivity index (χ0n) is 13.6. The molecule has 0 aliphatic heterocycles. The Bertz CT molecular complexity index is 345. The van der Waals surface area contributed by atoms with Gasteiger partial charge in [0.2, 0.25) is 0 Å². The second-order valence-corrected chi connectivity index (χ2v) is 17.0. The van der Waals surface area contributed by atoms with Crippen molar-refractivity contribution in [2.75, 3.05) is 0 Å². The molecule has 0 spiro atoms. The summed E-state index contributed by atoms with van der Waals surface area (Å²) in [6, 6.07) is 0. The van der Waals surface area contributed by atoms with Gasteiger partial charge in [0.25, 0.3) is 0 Å². The lowest BCUT2D eigenvalue weighted by Crippen LogP contribution is -2.42. The van der Waals surface area contributed by atoms with Crippen LogP contribution in [-0.4, -0.2) is 22.5 Å². The van der Waals surface area contributed by atoms with Gasteiger partial charge >= 0.3 is 0 Å². The predicted molar refractivity (Wildman–Crippen MR) is 88.0 cm³/mol. The molecule has 0 rings (SSSR count). The average molecular weight is 283 g/mol. The molecule has 0 aromatic rings. The van der Waals surface area contributed by atoms with Crippen molar-refractivity contribution in [1.29, 1.82) is 0 Å². The highest BCUT2D eigenvalue weighted by Gasteiger charge is 2.37. The molecule has 1 atom stereocenters. The fraction of sp³-hybridized carbons (Fsp3) is 0.733. The largest absolute Gasteiger partial charge is 0.411 e. The van der Waals surface area contributed by atoms with Crippen molar-refractivity contribution in [2.45, 2.75) is 71.6 Å². The van der Waals surface area contributed by atoms with Crippen LogP contribution in [0.15, 0.2) is 12.2 Å². The van der Waals surface area contributed by atoms with Gasteiger partial charge in [-0.05, 0) is 37.2 Å². The lowest BCUT2D eigenvalue weighted by atomic mass is 10.2. The van der Waals surface area contributed by atoms with E-state index in [1.165, 1.54) is 0 Å². The Morgan fingerprint density at radius 1 is 1.06 bits per heavy atom. The highest BCUT2D eigenvalue weighted by Crippen LogP contribution is 2.37. The molecule has 0 amide bonds. The van der Waals surface area contributed by atoms with Crippen LogP contribution in [0.2, 0.25) is 37.8 Å². The smallest absolute Gasteiger partial charge is 0.192 e. The Kier molecular flexibility index (Phi) is 6.12. The SMILES string of the molecule is C[C@@H](/C=C\C#C[Si](C)(C)C)O[Si](C)(C)C(C)(C)C. The average Bonchev–Trinajstić information content (AvgIpc) is 2.08. The molecule has 0 aromatic carbocycles. The first kappa shape index (κ1) is 17.7. The van der Waals surface area contributed by atoms with Gasteiger partial charge in [-0.15, -0.1) is 5.54 Å². The maximum absolute atomic E-state index is 6.23. The van der Waals surface area contributed by atoms with Crippen LogP contribution in [0.3, 0.4) is 0 Å². The van der Waals surface area contributed by atoms with Crippen LogP contribution in [0.4, 0.5) is 0 Å². The van der Waals surface area contributed by atoms with E-state index in [1.54, 1.807) is 0 Å². The van der Waals surface area contributed by atoms with Gasteiger partial charge in [-0.3, -0.25) is 0 Å². The van der Waals surface area contributed by atoms with Gasteiger partial charge in [-0.1, -0.05) is 46.3 Å². The molecule has 0 unspecified atom stereocenters. The van der Waals surface area contributed by atoms with Gasteiger partial charge < -0.3 is 4.43 Å². The molecular weight excluding hydrogens is 252 g/mol. The number of rotatable bonds is 3. The minimum absolute atomic E-state index is 0.154. The molecule has 0 saturated heterocycles. The highest BCUT2D eigenvalue weighted by molar-refractivity contribution is 6.83. The molecule has 0 fully saturated rings. The van der Waals surface area contributed by atoms with E-state index in [9.17, 15) is 0 Å². The highest BCUT2D eigenvalue weighted by atomic mass is 28.4. The lowest BCUT2D eigenvalue weighted by Gasteiger charge is -2.37. The van der Waals surface area contributed by atoms with E-state index in [1.807, 2.05) is 6.08 Å². The summed E-state index contributed by atoms with van der Waals surface area (Å²) in [5.41, 5.74) is 3.33. The van der Waals surface area contributed by atoms with Crippen molar-refractivity contribution >= 4 is 16.4 Å². The van der Waals surface area contributed by atoms with Crippen LogP contribution < -0.4 is 0 Å². The van der Waals surface area contributed by atoms with Gasteiger partial charge in [0.1, 0.15) is 8.07 Å². The van der Waals surface area contributed by atoms with Gasteiger partial charge in [-0.25, -0.2) is 0 Å². The first-order chi connectivity index (χ1) is 7.85. The molecule has 18 heavy (non-hydrogen) atoms. The fourth-order valence-corrected chi connectivity index (χ4v) is 3.00. The quantitative estimate of drug-likeness (QED) is 0.532. The van der Waals surface area contributed by atoms with Crippen molar-refractivity contribution in [2.24, 2.45) is 0 Å². The van der Waals surface area contributed by atoms with Gasteiger partial charge in [0, 0.05) is 0 Å². The Morgan fingerprint density at radius 2 is 1.56 bits per heavy atom. The van der Waals surface area contributed by atoms with Crippen LogP contribution in [0.1, 0.15) is 27.7 Å². The second kappa shape index (κ2) is 6.23. The molecule has 0 heterocycles. The molecular formula is C15H30OSi2. The molecule has 0 saturated carbocycles. The first-order valence-electron chi connectivity index (χ1n) is 6.72. The Morgan fingerprint density at radius 3 is 1.94 bits per heavy atom. The van der Waals surface area contributed by atoms with Crippen LogP contribution in [0.5, 0.6) is 0 Å². The standard InChI is InChI=1S/C15H30OSi2/c1-14(12-10-11-13-17(5,6)7)16-18(8,9)15(2,3)4/h10,12,14H,1-9H3/b12-10-/t14-/m0/s1. The van der Waals surface area contributed by atoms with Gasteiger partial charge in [0.05, 0.1) is 6.10 Å². The van der Waals surface area contributed by atoms with Crippen molar-refractivity contribution in [3.8, 4) is 11.5 Å². The van der Waals surface area contributed by atoms with E-state index in [2.05, 4.69) is 78.0 Å². The van der Waals surface area contributed by atoms with Crippen LogP contribution in [0, 0.1) is 11.5 Å². The molecule has 0 aliphatic carbocycles. The van der Waals surface area contributed by atoms with E-state index >= 15 is 0 Å². The monoisotopic (exact) mass is 282 g/mol. The normalized spacial score (nSPS) is 15.4. The second-order valence-electron chi connectivity index (χ2n) is 7.46. The topological polar surface area (TPSA) is 9.23 Å². The summed E-state index contributed by atoms with van der Waals surface area (Å²) in [5.74, 6) is 3.15. The molecule has 0 N–H and O–H groups in total. The summed E-state index contributed by atoms with van der Waals surface area (Å²) in [6.07, 6.45) is 4.19. The summed E-state index contributed by atoms with van der Waals surface area (Å²) in [7, 11) is -2.91. The predicted octanol–water partition coefficient (Wildman–Crippen LogP) is 4.83. The minimum Gasteiger partial charge on any atom is -0.411 e. The van der Waals surface area contributed by atoms with E-state index in [-0.39, 0.29) is 11.1 Å². The molecule has 1 nitrogen and oxygen atoms in total. The number of hydrogen-bond acceptors (Lipinski definition) is 1. The fourth-order valence-electron chi connectivity index (χ4n) is 1.12. The first-order valence-corrected chi connectivity index (χ1v) is 13.1. The van der Waals surface area contributed by atoms with E-state index in [0.29, 0.717) is 0 Å². The maximum atomic E-state index is 6.23. The molecule has 3 heteroatoms. The van der Waals surface area contributed by atoms with Gasteiger partial charge in [-0.2, -0.15) is 0 Å². The summed E-state index contributed by atoms with van der Waals surface area (Å²) >= 11 is 0. The molecule has 0 radical (unpaired) electrons. The zero-order valence-corrected chi connectivity index (χ0v) is 15.6. The minimum atomic E-state index is -1.66. The summed E-state index contributed by atoms with van der Waals surface area (Å²) < 4.78 is 6.23. The molecule has 0 bridgehead atoms. The molecule has 0 aliphatic rings. The third-order valence-corrected chi connectivity index (χ3v) is 8.65. The Balaban J connectivity index is 4.49. The summed E-state index contributed by atoms with van der Waals surface area (Å²) in [6.45, 7) is 20.2. The van der Waals surface area contributed by atoms with Crippen LogP contribution in [0.25, 0.3) is 0 Å². The zero-order chi connectivity index (χ0) is 14.6. The van der Waals surface area contributed by atoms with Crippen LogP contribution >= 0.6 is 0 Å². The number of hydrogen-bond donors (Lipinski definition) is 0. The van der Waals surface area contributed by atoms with Crippen molar-refractivity contribution < 1.29 is 4.43 Å². The van der Waals surface area contributed by atoms with E-state index in [4.69, 9.17) is 4.43 Å². The third kappa shape index (κ3) is 7.20. The third-order valence-electron chi connectivity index (χ3n) is 3.18. The van der Waals surface area contributed by atoms with Crippen molar-refractivity contribution in [3.05, 3.63) is 12.2 Å². The lowest BCUT2D eigenvalue weighted by molar-refractivity contribution is 0.243. The van der Waals surface area contributed by atoms with Gasteiger partial charge in [0.15, 0.2) is 8.32 Å². The molecule has 104 valence electrons. The Labute approximate surface area is 116 Å². The summed E-state index contributed by atoms with van der Waals surface area (Å²) in [5, 5.41) is 0.263. The van der Waals surface area contributed by atoms with Crippen molar-refractivity contribution in [3.63, 3.8) is 0 Å². The Hall–Kier alpha value is -0.306. The molecule has 0 aromatic heterocycles. The maximum Gasteiger partial charge on any atom is 0.192 e.